The highest BCUT2D eigenvalue weighted by Gasteiger charge is 2.23. The van der Waals surface area contributed by atoms with Crippen molar-refractivity contribution in [3.8, 4) is 5.75 Å². The Morgan fingerprint density at radius 1 is 1.17 bits per heavy atom. The van der Waals surface area contributed by atoms with Crippen molar-refractivity contribution in [2.75, 3.05) is 26.7 Å². The number of nitrogens with one attached hydrogen (secondary N) is 1. The van der Waals surface area contributed by atoms with E-state index in [4.69, 9.17) is 16.3 Å². The number of nitrogens with zero attached hydrogens (tertiary/aromatic N) is 2. The molecule has 1 N–H and O–H groups in total. The summed E-state index contributed by atoms with van der Waals surface area (Å²) < 4.78 is 5.28. The molecule has 0 bridgehead atoms. The van der Waals surface area contributed by atoms with Gasteiger partial charge in [0.2, 0.25) is 0 Å². The van der Waals surface area contributed by atoms with Crippen molar-refractivity contribution in [1.82, 2.24) is 15.2 Å². The Morgan fingerprint density at radius 3 is 2.54 bits per heavy atom. The molecule has 1 fully saturated rings. The number of pyridine rings is 1. The molecular weight excluding hydrogens is 322 g/mol. The number of hydrogen-bond donors (Lipinski definition) is 1. The summed E-state index contributed by atoms with van der Waals surface area (Å²) in [5.41, 5.74) is 2.48. The highest BCUT2D eigenvalue weighted by Crippen LogP contribution is 2.26. The molecule has 0 radical (unpaired) electrons. The second-order valence-electron chi connectivity index (χ2n) is 6.15. The van der Waals surface area contributed by atoms with E-state index < -0.39 is 0 Å². The van der Waals surface area contributed by atoms with Gasteiger partial charge in [0.05, 0.1) is 7.11 Å². The lowest BCUT2D eigenvalue weighted by Crippen LogP contribution is -2.34. The first-order valence-electron chi connectivity index (χ1n) is 8.45. The van der Waals surface area contributed by atoms with Gasteiger partial charge >= 0.3 is 0 Å². The number of likely N-dealkylation sites (tertiary alicyclic amines) is 1. The highest BCUT2D eigenvalue weighted by atomic mass is 35.5. The number of rotatable bonds is 7. The van der Waals surface area contributed by atoms with Crippen LogP contribution in [0.1, 0.15) is 30.0 Å². The lowest BCUT2D eigenvalue weighted by molar-refractivity contribution is 0.238. The fourth-order valence-electron chi connectivity index (χ4n) is 3.20. The molecule has 1 aliphatic heterocycles. The Morgan fingerprint density at radius 2 is 1.92 bits per heavy atom. The highest BCUT2D eigenvalue weighted by molar-refractivity contribution is 6.29. The molecule has 1 aliphatic rings. The van der Waals surface area contributed by atoms with Crippen molar-refractivity contribution in [3.05, 3.63) is 58.9 Å². The summed E-state index contributed by atoms with van der Waals surface area (Å²) in [6.07, 6.45) is 4.40. The Hall–Kier alpha value is -1.62. The molecule has 0 aliphatic carbocycles. The fraction of sp³-hybridized carbons (Fsp3) is 0.421. The summed E-state index contributed by atoms with van der Waals surface area (Å²) in [5.74, 6) is 0.902. The van der Waals surface area contributed by atoms with E-state index in [9.17, 15) is 0 Å². The van der Waals surface area contributed by atoms with E-state index in [2.05, 4.69) is 27.3 Å². The maximum Gasteiger partial charge on any atom is 0.129 e. The SMILES string of the molecule is COc1ccc(C(CNCc2ccc(Cl)nc2)N2CCCC2)cc1. The molecule has 4 nitrogen and oxygen atoms in total. The number of ether oxygens (including phenoxy) is 1. The van der Waals surface area contributed by atoms with Gasteiger partial charge in [-0.3, -0.25) is 4.90 Å². The molecule has 24 heavy (non-hydrogen) atoms. The fourth-order valence-corrected chi connectivity index (χ4v) is 3.31. The third-order valence-corrected chi connectivity index (χ3v) is 4.76. The quantitative estimate of drug-likeness (QED) is 0.777. The molecule has 2 aromatic rings. The maximum absolute atomic E-state index is 5.84. The van der Waals surface area contributed by atoms with Crippen molar-refractivity contribution in [1.29, 1.82) is 0 Å². The van der Waals surface area contributed by atoms with Crippen LogP contribution in [0.15, 0.2) is 42.6 Å². The van der Waals surface area contributed by atoms with Gasteiger partial charge in [0, 0.05) is 25.3 Å². The Bertz CT molecular complexity index is 624. The van der Waals surface area contributed by atoms with E-state index in [1.807, 2.05) is 30.5 Å². The first-order chi connectivity index (χ1) is 11.8. The van der Waals surface area contributed by atoms with Crippen LogP contribution < -0.4 is 10.1 Å². The second kappa shape index (κ2) is 8.47. The average molecular weight is 346 g/mol. The van der Waals surface area contributed by atoms with Crippen molar-refractivity contribution >= 4 is 11.6 Å². The normalized spacial score (nSPS) is 16.2. The largest absolute Gasteiger partial charge is 0.497 e. The van der Waals surface area contributed by atoms with Crippen LogP contribution in [-0.4, -0.2) is 36.6 Å². The Kier molecular flexibility index (Phi) is 6.07. The van der Waals surface area contributed by atoms with Gasteiger partial charge in [0.15, 0.2) is 0 Å². The maximum atomic E-state index is 5.84. The average Bonchev–Trinajstić information content (AvgIpc) is 3.15. The smallest absolute Gasteiger partial charge is 0.129 e. The molecule has 128 valence electrons. The van der Waals surface area contributed by atoms with Gasteiger partial charge in [-0.1, -0.05) is 29.8 Å². The summed E-state index contributed by atoms with van der Waals surface area (Å²) in [6.45, 7) is 4.04. The molecule has 1 aromatic heterocycles. The van der Waals surface area contributed by atoms with E-state index in [0.717, 1.165) is 24.4 Å². The van der Waals surface area contributed by atoms with Crippen LogP contribution in [0.2, 0.25) is 5.15 Å². The number of methoxy groups -OCH3 is 1. The molecule has 1 saturated heterocycles. The standard InChI is InChI=1S/C19H24ClN3O/c1-24-17-7-5-16(6-8-17)18(23-10-2-3-11-23)14-21-12-15-4-9-19(20)22-13-15/h4-9,13,18,21H,2-3,10-12,14H2,1H3. The molecule has 1 atom stereocenters. The summed E-state index contributed by atoms with van der Waals surface area (Å²) >= 11 is 5.84. The van der Waals surface area contributed by atoms with E-state index in [-0.39, 0.29) is 0 Å². The minimum absolute atomic E-state index is 0.388. The summed E-state index contributed by atoms with van der Waals surface area (Å²) in [6, 6.07) is 12.7. The molecule has 0 saturated carbocycles. The molecule has 2 heterocycles. The van der Waals surface area contributed by atoms with E-state index in [1.165, 1.54) is 31.5 Å². The number of benzene rings is 1. The number of aromatic nitrogens is 1. The predicted molar refractivity (Wildman–Crippen MR) is 97.5 cm³/mol. The van der Waals surface area contributed by atoms with Gasteiger partial charge in [0.1, 0.15) is 10.9 Å². The van der Waals surface area contributed by atoms with E-state index in [1.54, 1.807) is 7.11 Å². The van der Waals surface area contributed by atoms with Crippen LogP contribution in [0.25, 0.3) is 0 Å². The zero-order valence-electron chi connectivity index (χ0n) is 14.0. The van der Waals surface area contributed by atoms with Crippen molar-refractivity contribution in [3.63, 3.8) is 0 Å². The predicted octanol–water partition coefficient (Wildman–Crippen LogP) is 3.67. The lowest BCUT2D eigenvalue weighted by Gasteiger charge is -2.28. The van der Waals surface area contributed by atoms with Crippen molar-refractivity contribution in [2.45, 2.75) is 25.4 Å². The second-order valence-corrected chi connectivity index (χ2v) is 6.54. The monoisotopic (exact) mass is 345 g/mol. The van der Waals surface area contributed by atoms with Crippen LogP contribution in [0, 0.1) is 0 Å². The molecule has 1 aromatic carbocycles. The number of halogens is 1. The third-order valence-electron chi connectivity index (χ3n) is 4.54. The Labute approximate surface area is 148 Å². The molecule has 1 unspecified atom stereocenters. The van der Waals surface area contributed by atoms with Crippen molar-refractivity contribution < 1.29 is 4.74 Å². The van der Waals surface area contributed by atoms with Crippen LogP contribution in [0.5, 0.6) is 5.75 Å². The zero-order chi connectivity index (χ0) is 16.8. The van der Waals surface area contributed by atoms with E-state index in [0.29, 0.717) is 11.2 Å². The molecule has 3 rings (SSSR count). The minimum Gasteiger partial charge on any atom is -0.497 e. The van der Waals surface area contributed by atoms with Gasteiger partial charge in [-0.15, -0.1) is 0 Å². The van der Waals surface area contributed by atoms with Crippen molar-refractivity contribution in [2.24, 2.45) is 0 Å². The van der Waals surface area contributed by atoms with Gasteiger partial charge in [-0.2, -0.15) is 0 Å². The first-order valence-corrected chi connectivity index (χ1v) is 8.83. The lowest BCUT2D eigenvalue weighted by atomic mass is 10.1. The topological polar surface area (TPSA) is 37.4 Å². The molecular formula is C19H24ClN3O. The Balaban J connectivity index is 1.64. The molecule has 0 spiro atoms. The van der Waals surface area contributed by atoms with Crippen LogP contribution in [0.3, 0.4) is 0 Å². The van der Waals surface area contributed by atoms with Crippen LogP contribution in [0.4, 0.5) is 0 Å². The van der Waals surface area contributed by atoms with E-state index >= 15 is 0 Å². The third kappa shape index (κ3) is 4.47. The molecule has 5 heteroatoms. The van der Waals surface area contributed by atoms with Gasteiger partial charge < -0.3 is 10.1 Å². The summed E-state index contributed by atoms with van der Waals surface area (Å²) in [5, 5.41) is 4.10. The summed E-state index contributed by atoms with van der Waals surface area (Å²) in [4.78, 5) is 6.70. The van der Waals surface area contributed by atoms with Gasteiger partial charge in [-0.05, 0) is 55.3 Å². The van der Waals surface area contributed by atoms with Crippen LogP contribution >= 0.6 is 11.6 Å². The summed E-state index contributed by atoms with van der Waals surface area (Å²) in [7, 11) is 1.70. The minimum atomic E-state index is 0.388. The van der Waals surface area contributed by atoms with Gasteiger partial charge in [-0.25, -0.2) is 4.98 Å². The molecule has 0 amide bonds. The van der Waals surface area contributed by atoms with Gasteiger partial charge in [0.25, 0.3) is 0 Å². The first kappa shape index (κ1) is 17.2. The number of hydrogen-bond acceptors (Lipinski definition) is 4. The zero-order valence-corrected chi connectivity index (χ0v) is 14.8. The van der Waals surface area contributed by atoms with Crippen LogP contribution in [-0.2, 0) is 6.54 Å².